The standard InChI is InChI=1S/C7H8O3S.C7H14O2.C6H14O2.CH4.H2O/c1-6-2-4-7(5-3-6)11(8,9)10;1-3-7(4-2)5-8-6-9-7;1-3-6(8,4-2)5-7;;/h2-5H,1H3,(H,8,9,10);3-6H2,1-2H3;7-8H,3-5H2,1-2H3;1H4;1H2/p-1. The molecule has 1 saturated heterocycles. The fourth-order valence-electron chi connectivity index (χ4n) is 2.27. The first-order valence-corrected chi connectivity index (χ1v) is 11.0. The topological polar surface area (TPSA) is 148 Å². The lowest BCUT2D eigenvalue weighted by atomic mass is 9.99. The second-order valence-corrected chi connectivity index (χ2v) is 8.24. The molecule has 30 heavy (non-hydrogen) atoms. The average molecular weight is 454 g/mol. The van der Waals surface area contributed by atoms with Crippen LogP contribution in [0.2, 0.25) is 0 Å². The van der Waals surface area contributed by atoms with Gasteiger partial charge in [0.25, 0.3) is 0 Å². The molecule has 0 spiro atoms. The van der Waals surface area contributed by atoms with Crippen LogP contribution in [0.4, 0.5) is 0 Å². The molecular formula is C21H41O8S-. The van der Waals surface area contributed by atoms with Gasteiger partial charge in [-0.25, -0.2) is 8.42 Å². The molecule has 9 heteroatoms. The van der Waals surface area contributed by atoms with Crippen LogP contribution in [-0.2, 0) is 19.6 Å². The van der Waals surface area contributed by atoms with E-state index in [2.05, 4.69) is 13.8 Å². The molecule has 0 saturated carbocycles. The molecular weight excluding hydrogens is 412 g/mol. The van der Waals surface area contributed by atoms with Crippen LogP contribution in [0.25, 0.3) is 0 Å². The van der Waals surface area contributed by atoms with Crippen LogP contribution < -0.4 is 0 Å². The molecule has 1 aromatic carbocycles. The largest absolute Gasteiger partial charge is 0.744 e. The van der Waals surface area contributed by atoms with Crippen LogP contribution in [-0.4, -0.2) is 59.9 Å². The molecule has 1 fully saturated rings. The minimum atomic E-state index is -4.27. The molecule has 0 bridgehead atoms. The summed E-state index contributed by atoms with van der Waals surface area (Å²) < 4.78 is 41.7. The fraction of sp³-hybridized carbons (Fsp3) is 0.714. The lowest BCUT2D eigenvalue weighted by molar-refractivity contribution is -0.0203. The molecule has 1 heterocycles. The Morgan fingerprint density at radius 2 is 1.57 bits per heavy atom. The molecule has 1 aliphatic heterocycles. The normalized spacial score (nSPS) is 14.8. The lowest BCUT2D eigenvalue weighted by Gasteiger charge is -2.21. The highest BCUT2D eigenvalue weighted by Gasteiger charge is 2.31. The molecule has 4 N–H and O–H groups in total. The first kappa shape index (κ1) is 33.6. The van der Waals surface area contributed by atoms with Gasteiger partial charge in [-0.2, -0.15) is 0 Å². The maximum absolute atomic E-state index is 10.4. The van der Waals surface area contributed by atoms with Gasteiger partial charge in [0.2, 0.25) is 0 Å². The Balaban J connectivity index is -0.000000358. The third-order valence-corrected chi connectivity index (χ3v) is 5.87. The predicted molar refractivity (Wildman–Crippen MR) is 117 cm³/mol. The minimum absolute atomic E-state index is 0. The van der Waals surface area contributed by atoms with E-state index in [1.165, 1.54) is 12.1 Å². The van der Waals surface area contributed by atoms with Gasteiger partial charge in [-0.05, 0) is 44.7 Å². The van der Waals surface area contributed by atoms with Gasteiger partial charge < -0.3 is 29.7 Å². The Bertz CT molecular complexity index is 619. The molecule has 0 unspecified atom stereocenters. The maximum Gasteiger partial charge on any atom is 0.147 e. The van der Waals surface area contributed by atoms with E-state index in [1.54, 1.807) is 12.1 Å². The van der Waals surface area contributed by atoms with Gasteiger partial charge in [0.05, 0.1) is 29.3 Å². The van der Waals surface area contributed by atoms with Crippen molar-refractivity contribution in [1.82, 2.24) is 0 Å². The summed E-state index contributed by atoms with van der Waals surface area (Å²) in [7, 11) is -4.27. The zero-order chi connectivity index (χ0) is 21.8. The van der Waals surface area contributed by atoms with Gasteiger partial charge in [0.15, 0.2) is 0 Å². The molecule has 0 atom stereocenters. The molecule has 0 aromatic heterocycles. The van der Waals surface area contributed by atoms with E-state index >= 15 is 0 Å². The van der Waals surface area contributed by atoms with E-state index in [0.29, 0.717) is 19.6 Å². The van der Waals surface area contributed by atoms with Gasteiger partial charge in [0.1, 0.15) is 16.9 Å². The van der Waals surface area contributed by atoms with Crippen LogP contribution in [0.3, 0.4) is 0 Å². The summed E-state index contributed by atoms with van der Waals surface area (Å²) in [6, 6.07) is 5.78. The molecule has 1 aromatic rings. The third kappa shape index (κ3) is 11.9. The number of hydrogen-bond donors (Lipinski definition) is 2. The quantitative estimate of drug-likeness (QED) is 0.629. The maximum atomic E-state index is 10.4. The Hall–Kier alpha value is -1.07. The van der Waals surface area contributed by atoms with Crippen molar-refractivity contribution in [2.75, 3.05) is 20.0 Å². The van der Waals surface area contributed by atoms with Crippen LogP contribution in [0.5, 0.6) is 0 Å². The number of aliphatic hydroxyl groups is 2. The van der Waals surface area contributed by atoms with Crippen molar-refractivity contribution < 1.29 is 38.1 Å². The fourth-order valence-corrected chi connectivity index (χ4v) is 2.74. The SMILES string of the molecule is C.CCC(O)(CC)CO.CCC1(CC)COCO1.Cc1ccc(S(=O)(=O)[O-])cc1.O. The number of rotatable bonds is 6. The molecule has 1 aliphatic rings. The number of benzene rings is 1. The monoisotopic (exact) mass is 453 g/mol. The van der Waals surface area contributed by atoms with Gasteiger partial charge in [0, 0.05) is 0 Å². The molecule has 180 valence electrons. The Kier molecular flexibility index (Phi) is 17.6. The summed E-state index contributed by atoms with van der Waals surface area (Å²) in [6.07, 6.45) is 3.37. The van der Waals surface area contributed by atoms with E-state index in [-0.39, 0.29) is 30.0 Å². The first-order valence-electron chi connectivity index (χ1n) is 9.59. The van der Waals surface area contributed by atoms with E-state index < -0.39 is 15.7 Å². The van der Waals surface area contributed by atoms with Crippen LogP contribution >= 0.6 is 0 Å². The Morgan fingerprint density at radius 3 is 1.77 bits per heavy atom. The average Bonchev–Trinajstić information content (AvgIpc) is 3.18. The summed E-state index contributed by atoms with van der Waals surface area (Å²) in [5.41, 5.74) is 0.164. The summed E-state index contributed by atoms with van der Waals surface area (Å²) in [6.45, 7) is 11.0. The lowest BCUT2D eigenvalue weighted by Crippen LogP contribution is -2.30. The van der Waals surface area contributed by atoms with Crippen molar-refractivity contribution >= 4 is 10.1 Å². The van der Waals surface area contributed by atoms with Crippen molar-refractivity contribution in [3.8, 4) is 0 Å². The second kappa shape index (κ2) is 15.7. The Labute approximate surface area is 182 Å². The molecule has 8 nitrogen and oxygen atoms in total. The molecule has 0 radical (unpaired) electrons. The summed E-state index contributed by atoms with van der Waals surface area (Å²) in [5, 5.41) is 17.7. The number of aliphatic hydroxyl groups excluding tert-OH is 1. The van der Waals surface area contributed by atoms with Crippen molar-refractivity contribution in [3.63, 3.8) is 0 Å². The third-order valence-electron chi connectivity index (χ3n) is 5.02. The van der Waals surface area contributed by atoms with Crippen molar-refractivity contribution in [2.24, 2.45) is 0 Å². The second-order valence-electron chi connectivity index (χ2n) is 6.86. The van der Waals surface area contributed by atoms with Gasteiger partial charge in [-0.3, -0.25) is 0 Å². The Morgan fingerprint density at radius 1 is 1.10 bits per heavy atom. The van der Waals surface area contributed by atoms with Crippen molar-refractivity contribution in [3.05, 3.63) is 29.8 Å². The smallest absolute Gasteiger partial charge is 0.147 e. The van der Waals surface area contributed by atoms with Gasteiger partial charge in [-0.15, -0.1) is 0 Å². The molecule has 0 aliphatic carbocycles. The van der Waals surface area contributed by atoms with E-state index in [4.69, 9.17) is 14.6 Å². The summed E-state index contributed by atoms with van der Waals surface area (Å²) in [4.78, 5) is -0.178. The van der Waals surface area contributed by atoms with Crippen LogP contribution in [0.15, 0.2) is 29.2 Å². The highest BCUT2D eigenvalue weighted by molar-refractivity contribution is 7.85. The van der Waals surface area contributed by atoms with Gasteiger partial charge >= 0.3 is 0 Å². The van der Waals surface area contributed by atoms with E-state index in [1.807, 2.05) is 20.8 Å². The van der Waals surface area contributed by atoms with E-state index in [9.17, 15) is 18.1 Å². The predicted octanol–water partition coefficient (Wildman–Crippen LogP) is 2.79. The highest BCUT2D eigenvalue weighted by Crippen LogP contribution is 2.25. The molecule has 2 rings (SSSR count). The number of hydrogen-bond acceptors (Lipinski definition) is 7. The summed E-state index contributed by atoms with van der Waals surface area (Å²) in [5.74, 6) is 0. The van der Waals surface area contributed by atoms with Crippen LogP contribution in [0.1, 0.15) is 66.4 Å². The zero-order valence-corrected chi connectivity index (χ0v) is 18.9. The van der Waals surface area contributed by atoms with Crippen molar-refractivity contribution in [2.45, 2.75) is 83.8 Å². The number of aryl methyl sites for hydroxylation is 1. The first-order chi connectivity index (χ1) is 13.0. The highest BCUT2D eigenvalue weighted by atomic mass is 32.2. The minimum Gasteiger partial charge on any atom is -0.744 e. The van der Waals surface area contributed by atoms with Gasteiger partial charge in [-0.1, -0.05) is 52.8 Å². The number of ether oxygens (including phenoxy) is 2. The van der Waals surface area contributed by atoms with E-state index in [0.717, 1.165) is 25.0 Å². The van der Waals surface area contributed by atoms with Crippen LogP contribution in [0, 0.1) is 6.92 Å². The molecule has 0 amide bonds. The van der Waals surface area contributed by atoms with Crippen molar-refractivity contribution in [1.29, 1.82) is 0 Å². The summed E-state index contributed by atoms with van der Waals surface area (Å²) >= 11 is 0. The zero-order valence-electron chi connectivity index (χ0n) is 18.1.